The van der Waals surface area contributed by atoms with Gasteiger partial charge in [-0.3, -0.25) is 14.6 Å². The van der Waals surface area contributed by atoms with Crippen molar-refractivity contribution in [1.29, 1.82) is 0 Å². The average Bonchev–Trinajstić information content (AvgIpc) is 2.99. The molecule has 0 aromatic heterocycles. The number of esters is 2. The molecule has 0 spiro atoms. The minimum atomic E-state index is -5.10. The molecule has 0 aromatic carbocycles. The van der Waals surface area contributed by atoms with Gasteiger partial charge in [-0.25, -0.2) is 9.36 Å². The zero-order valence-corrected chi connectivity index (χ0v) is 29.5. The molecule has 0 amide bonds. The van der Waals surface area contributed by atoms with Crippen LogP contribution in [0, 0.1) is 5.92 Å². The Hall–Kier alpha value is 1.39. The Morgan fingerprint density at radius 1 is 0.944 bits per heavy atom. The maximum Gasteiger partial charge on any atom is 1.00 e. The number of unbranched alkanes of at least 4 members (excludes halogenated alkanes) is 9. The first-order chi connectivity index (χ1) is 15.5. The van der Waals surface area contributed by atoms with Crippen LogP contribution in [0.2, 0.25) is 0 Å². The molecule has 2 atom stereocenters. The van der Waals surface area contributed by atoms with Crippen LogP contribution in [0.5, 0.6) is 0 Å². The van der Waals surface area contributed by atoms with Crippen LogP contribution in [0.15, 0.2) is 11.5 Å². The number of hydrogen-bond donors (Lipinski definition) is 4. The van der Waals surface area contributed by atoms with Crippen LogP contribution < -0.4 is 88.7 Å². The maximum atomic E-state index is 11.8. The van der Waals surface area contributed by atoms with Crippen LogP contribution in [0.1, 0.15) is 90.9 Å². The molecular formula is C22H39Na3O10P+3. The number of carbonyl (C=O) groups is 2. The summed E-state index contributed by atoms with van der Waals surface area (Å²) >= 11 is 0. The monoisotopic (exact) mass is 563 g/mol. The van der Waals surface area contributed by atoms with Gasteiger partial charge in [-0.1, -0.05) is 78.1 Å². The fourth-order valence-corrected chi connectivity index (χ4v) is 3.90. The molecule has 1 unspecified atom stereocenters. The second-order valence-electron chi connectivity index (χ2n) is 8.84. The molecule has 0 saturated heterocycles. The van der Waals surface area contributed by atoms with Gasteiger partial charge in [0.15, 0.2) is 11.9 Å². The van der Waals surface area contributed by atoms with Crippen LogP contribution in [-0.4, -0.2) is 50.8 Å². The summed E-state index contributed by atoms with van der Waals surface area (Å²) in [5.74, 6) is -3.13. The van der Waals surface area contributed by atoms with Crippen molar-refractivity contribution in [2.75, 3.05) is 6.61 Å². The number of ether oxygens (including phenoxy) is 2. The fourth-order valence-electron chi connectivity index (χ4n) is 3.50. The Labute approximate surface area is 280 Å². The van der Waals surface area contributed by atoms with Gasteiger partial charge >= 0.3 is 108 Å². The van der Waals surface area contributed by atoms with E-state index in [1.807, 2.05) is 0 Å². The van der Waals surface area contributed by atoms with Gasteiger partial charge in [-0.15, -0.1) is 0 Å². The van der Waals surface area contributed by atoms with Gasteiger partial charge in [-0.2, -0.15) is 0 Å². The van der Waals surface area contributed by atoms with Crippen molar-refractivity contribution in [2.24, 2.45) is 5.92 Å². The van der Waals surface area contributed by atoms with E-state index < -0.39 is 50.1 Å². The van der Waals surface area contributed by atoms with E-state index in [0.29, 0.717) is 6.42 Å². The molecule has 4 N–H and O–H groups in total. The number of carbonyl (C=O) groups excluding carboxylic acids is 2. The summed E-state index contributed by atoms with van der Waals surface area (Å²) in [5, 5.41) is 19.8. The zero-order valence-electron chi connectivity index (χ0n) is 22.6. The van der Waals surface area contributed by atoms with Crippen molar-refractivity contribution in [3.63, 3.8) is 0 Å². The fraction of sp³-hybridized carbons (Fsp3) is 0.818. The van der Waals surface area contributed by atoms with Crippen LogP contribution in [0.25, 0.3) is 0 Å². The number of hydrogen-bond acceptors (Lipinski definition) is 8. The summed E-state index contributed by atoms with van der Waals surface area (Å²) in [6.45, 7) is 3.96. The number of rotatable bonds is 18. The molecule has 0 radical (unpaired) electrons. The summed E-state index contributed by atoms with van der Waals surface area (Å²) in [7, 11) is -5.10. The van der Waals surface area contributed by atoms with Gasteiger partial charge in [0.1, 0.15) is 12.7 Å². The molecule has 14 heteroatoms. The Balaban J connectivity index is -0.00000363. The van der Waals surface area contributed by atoms with E-state index in [-0.39, 0.29) is 95.1 Å². The minimum Gasteiger partial charge on any atom is -0.505 e. The van der Waals surface area contributed by atoms with E-state index in [9.17, 15) is 24.4 Å². The molecule has 192 valence electrons. The number of phosphoric ester groups is 1. The molecule has 1 aliphatic heterocycles. The Morgan fingerprint density at radius 3 is 1.89 bits per heavy atom. The number of phosphoric acid groups is 1. The number of cyclic esters (lactones) is 1. The van der Waals surface area contributed by atoms with Crippen molar-refractivity contribution < 1.29 is 137 Å². The van der Waals surface area contributed by atoms with Crippen molar-refractivity contribution >= 4 is 19.8 Å². The maximum absolute atomic E-state index is 11.8. The second kappa shape index (κ2) is 23.1. The smallest absolute Gasteiger partial charge is 0.505 e. The Kier molecular flexibility index (Phi) is 26.9. The van der Waals surface area contributed by atoms with Gasteiger partial charge in [-0.05, 0) is 12.3 Å². The topological polar surface area (TPSA) is 160 Å². The molecule has 10 nitrogen and oxygen atoms in total. The van der Waals surface area contributed by atoms with Crippen LogP contribution in [0.3, 0.4) is 0 Å². The minimum absolute atomic E-state index is 0. The molecule has 36 heavy (non-hydrogen) atoms. The first-order valence-corrected chi connectivity index (χ1v) is 13.3. The third kappa shape index (κ3) is 19.4. The van der Waals surface area contributed by atoms with Gasteiger partial charge in [0.05, 0.1) is 0 Å². The van der Waals surface area contributed by atoms with Gasteiger partial charge in [0.2, 0.25) is 0 Å². The summed E-state index contributed by atoms with van der Waals surface area (Å²) < 4.78 is 24.5. The molecule has 1 rings (SSSR count). The quantitative estimate of drug-likeness (QED) is 0.0551. The largest absolute Gasteiger partial charge is 1.00 e. The molecule has 0 fully saturated rings. The third-order valence-corrected chi connectivity index (χ3v) is 5.73. The number of aliphatic hydroxyl groups is 2. The molecular weight excluding hydrogens is 524 g/mol. The third-order valence-electron chi connectivity index (χ3n) is 5.31. The van der Waals surface area contributed by atoms with Crippen molar-refractivity contribution in [1.82, 2.24) is 0 Å². The normalized spacial score (nSPS) is 15.9. The summed E-state index contributed by atoms with van der Waals surface area (Å²) in [4.78, 5) is 40.8. The van der Waals surface area contributed by atoms with E-state index in [2.05, 4.69) is 23.1 Å². The Morgan fingerprint density at radius 2 is 1.42 bits per heavy atom. The van der Waals surface area contributed by atoms with E-state index in [4.69, 9.17) is 14.5 Å². The van der Waals surface area contributed by atoms with Crippen molar-refractivity contribution in [3.05, 3.63) is 11.5 Å². The molecule has 0 saturated carbocycles. The average molecular weight is 563 g/mol. The van der Waals surface area contributed by atoms with Crippen molar-refractivity contribution in [3.8, 4) is 0 Å². The molecule has 1 heterocycles. The second-order valence-corrected chi connectivity index (χ2v) is 10.0. The molecule has 0 aromatic rings. The van der Waals surface area contributed by atoms with E-state index in [0.717, 1.165) is 25.2 Å². The Bertz CT molecular complexity index is 700. The number of aliphatic hydroxyl groups excluding tert-OH is 2. The van der Waals surface area contributed by atoms with Gasteiger partial charge < -0.3 is 24.2 Å². The predicted molar refractivity (Wildman–Crippen MR) is 120 cm³/mol. The molecule has 0 aliphatic carbocycles. The summed E-state index contributed by atoms with van der Waals surface area (Å²) in [6, 6.07) is 0. The summed E-state index contributed by atoms with van der Waals surface area (Å²) in [6.07, 6.45) is 9.65. The first-order valence-electron chi connectivity index (χ1n) is 11.7. The standard InChI is InChI=1S/C22H39O10P.3Na/c1-16(2)13-11-9-7-5-3-4-6-8-10-12-14-18(24)30-15-17(23)20-19(25)21(22(26)31-20)32-33(27,28)29;;;/h16-17,20,23,25H,3-15H2,1-2H3,(H2,27,28,29);;;/q;3*+1/t17-,20?;;;/m0.../s1. The SMILES string of the molecule is CC(C)CCCCCCCCCCCCC(=O)OC[C@H](O)C1OC(=O)C(OP(=O)(O)O)=C1O.[Na+].[Na+].[Na+]. The van der Waals surface area contributed by atoms with E-state index in [1.165, 1.54) is 44.9 Å². The summed E-state index contributed by atoms with van der Waals surface area (Å²) in [5.41, 5.74) is 0. The van der Waals surface area contributed by atoms with Crippen molar-refractivity contribution in [2.45, 2.75) is 103 Å². The first kappa shape index (κ1) is 41.9. The predicted octanol–water partition coefficient (Wildman–Crippen LogP) is -4.96. The van der Waals surface area contributed by atoms with E-state index in [1.54, 1.807) is 0 Å². The van der Waals surface area contributed by atoms with Gasteiger partial charge in [0.25, 0.3) is 5.76 Å². The van der Waals surface area contributed by atoms with Crippen LogP contribution >= 0.6 is 7.82 Å². The van der Waals surface area contributed by atoms with Crippen LogP contribution in [-0.2, 0) is 28.2 Å². The van der Waals surface area contributed by atoms with E-state index >= 15 is 0 Å². The van der Waals surface area contributed by atoms with Crippen LogP contribution in [0.4, 0.5) is 0 Å². The zero-order chi connectivity index (χ0) is 24.9. The van der Waals surface area contributed by atoms with Gasteiger partial charge in [0, 0.05) is 6.42 Å². The molecule has 1 aliphatic rings. The molecule has 0 bridgehead atoms.